The van der Waals surface area contributed by atoms with E-state index in [9.17, 15) is 9.59 Å². The molecule has 0 bridgehead atoms. The van der Waals surface area contributed by atoms with Gasteiger partial charge in [0, 0.05) is 5.69 Å². The maximum absolute atomic E-state index is 12.3. The monoisotopic (exact) mass is 353 g/mol. The third-order valence-corrected chi connectivity index (χ3v) is 4.25. The summed E-state index contributed by atoms with van der Waals surface area (Å²) in [4.78, 5) is 24.2. The van der Waals surface area contributed by atoms with Gasteiger partial charge in [-0.1, -0.05) is 55.2 Å². The van der Waals surface area contributed by atoms with Gasteiger partial charge in [-0.2, -0.15) is 5.10 Å². The molecule has 0 aliphatic heterocycles. The van der Waals surface area contributed by atoms with Gasteiger partial charge in [-0.3, -0.25) is 9.59 Å². The number of aryl methyl sites for hydroxylation is 2. The first kappa shape index (κ1) is 17.5. The van der Waals surface area contributed by atoms with Gasteiger partial charge in [0.05, 0.1) is 11.2 Å². The molecule has 0 saturated heterocycles. The minimum Gasteiger partial charge on any atom is -0.324 e. The lowest BCUT2D eigenvalue weighted by Gasteiger charge is -2.14. The molecule has 0 radical (unpaired) electrons. The third kappa shape index (κ3) is 3.92. The Bertz CT molecular complexity index is 765. The van der Waals surface area contributed by atoms with E-state index >= 15 is 0 Å². The van der Waals surface area contributed by atoms with Crippen molar-refractivity contribution in [3.05, 3.63) is 55.9 Å². The zero-order valence-electron chi connectivity index (χ0n) is 12.9. The molecule has 122 valence electrons. The van der Waals surface area contributed by atoms with E-state index in [1.807, 2.05) is 32.0 Å². The second-order valence-electron chi connectivity index (χ2n) is 4.98. The van der Waals surface area contributed by atoms with Gasteiger partial charge in [-0.15, -0.1) is 0 Å². The van der Waals surface area contributed by atoms with Gasteiger partial charge in [0.1, 0.15) is 11.6 Å². The molecular formula is C16H17Cl2N3O2. The average molecular weight is 354 g/mol. The number of rotatable bonds is 5. The number of carbonyl (C=O) groups excluding carboxylic acids is 1. The molecule has 1 N–H and O–H groups in total. The van der Waals surface area contributed by atoms with E-state index in [0.29, 0.717) is 0 Å². The van der Waals surface area contributed by atoms with E-state index in [4.69, 9.17) is 23.2 Å². The number of nitrogens with one attached hydrogen (secondary N) is 1. The Morgan fingerprint density at radius 2 is 1.83 bits per heavy atom. The number of para-hydroxylation sites is 1. The molecule has 0 fully saturated rings. The van der Waals surface area contributed by atoms with Crippen LogP contribution in [0.1, 0.15) is 25.0 Å². The van der Waals surface area contributed by atoms with E-state index in [1.54, 1.807) is 0 Å². The highest BCUT2D eigenvalue weighted by Gasteiger charge is 2.13. The summed E-state index contributed by atoms with van der Waals surface area (Å²) in [5.41, 5.74) is 2.31. The van der Waals surface area contributed by atoms with E-state index in [-0.39, 0.29) is 22.5 Å². The van der Waals surface area contributed by atoms with E-state index < -0.39 is 5.56 Å². The molecule has 23 heavy (non-hydrogen) atoms. The van der Waals surface area contributed by atoms with Crippen LogP contribution in [0.5, 0.6) is 0 Å². The van der Waals surface area contributed by atoms with E-state index in [0.717, 1.165) is 34.3 Å². The Hall–Kier alpha value is -1.85. The predicted molar refractivity (Wildman–Crippen MR) is 92.3 cm³/mol. The topological polar surface area (TPSA) is 64.0 Å². The summed E-state index contributed by atoms with van der Waals surface area (Å²) in [7, 11) is 0. The molecule has 0 saturated carbocycles. The van der Waals surface area contributed by atoms with E-state index in [1.165, 1.54) is 6.20 Å². The van der Waals surface area contributed by atoms with Gasteiger partial charge in [0.2, 0.25) is 5.91 Å². The first-order valence-electron chi connectivity index (χ1n) is 7.29. The van der Waals surface area contributed by atoms with Crippen molar-refractivity contribution in [2.45, 2.75) is 33.2 Å². The Morgan fingerprint density at radius 3 is 2.39 bits per heavy atom. The molecule has 1 amide bonds. The maximum Gasteiger partial charge on any atom is 0.287 e. The van der Waals surface area contributed by atoms with Crippen LogP contribution in [0.4, 0.5) is 5.69 Å². The Labute approximate surface area is 144 Å². The molecule has 0 unspecified atom stereocenters. The standard InChI is InChI=1S/C16H17Cl2N3O2/c1-3-10-6-5-7-11(4-2)15(10)20-13(22)9-21-16(23)14(18)12(17)8-19-21/h5-8H,3-4,9H2,1-2H3,(H,20,22). The lowest BCUT2D eigenvalue weighted by atomic mass is 10.0. The summed E-state index contributed by atoms with van der Waals surface area (Å²) in [5.74, 6) is -0.339. The number of hydrogen-bond donors (Lipinski definition) is 1. The molecular weight excluding hydrogens is 337 g/mol. The maximum atomic E-state index is 12.3. The summed E-state index contributed by atoms with van der Waals surface area (Å²) in [6.07, 6.45) is 2.85. The van der Waals surface area contributed by atoms with Crippen molar-refractivity contribution in [1.82, 2.24) is 9.78 Å². The first-order valence-corrected chi connectivity index (χ1v) is 8.05. The van der Waals surface area contributed by atoms with Crippen molar-refractivity contribution in [3.63, 3.8) is 0 Å². The molecule has 0 aliphatic rings. The molecule has 0 atom stereocenters. The lowest BCUT2D eigenvalue weighted by Crippen LogP contribution is -2.30. The number of aromatic nitrogens is 2. The van der Waals surface area contributed by atoms with Crippen LogP contribution in [0.25, 0.3) is 0 Å². The van der Waals surface area contributed by atoms with Crippen LogP contribution in [0.15, 0.2) is 29.2 Å². The van der Waals surface area contributed by atoms with Gasteiger partial charge in [0.25, 0.3) is 5.56 Å². The van der Waals surface area contributed by atoms with Crippen molar-refractivity contribution in [2.24, 2.45) is 0 Å². The van der Waals surface area contributed by atoms with Crippen molar-refractivity contribution in [1.29, 1.82) is 0 Å². The van der Waals surface area contributed by atoms with Crippen molar-refractivity contribution < 1.29 is 4.79 Å². The second-order valence-corrected chi connectivity index (χ2v) is 5.76. The van der Waals surface area contributed by atoms with Crippen LogP contribution in [0.3, 0.4) is 0 Å². The highest BCUT2D eigenvalue weighted by Crippen LogP contribution is 2.22. The molecule has 2 aromatic rings. The van der Waals surface area contributed by atoms with Crippen molar-refractivity contribution >= 4 is 34.8 Å². The van der Waals surface area contributed by atoms with E-state index in [2.05, 4.69) is 10.4 Å². The average Bonchev–Trinajstić information content (AvgIpc) is 2.55. The summed E-state index contributed by atoms with van der Waals surface area (Å²) in [5, 5.41) is 6.63. The molecule has 1 aromatic carbocycles. The normalized spacial score (nSPS) is 10.6. The Balaban J connectivity index is 2.24. The minimum absolute atomic E-state index is 0.0675. The number of amides is 1. The highest BCUT2D eigenvalue weighted by molar-refractivity contribution is 6.41. The third-order valence-electron chi connectivity index (χ3n) is 3.50. The lowest BCUT2D eigenvalue weighted by molar-refractivity contribution is -0.117. The number of anilines is 1. The largest absolute Gasteiger partial charge is 0.324 e. The quantitative estimate of drug-likeness (QED) is 0.896. The number of benzene rings is 1. The number of hydrogen-bond acceptors (Lipinski definition) is 3. The molecule has 1 heterocycles. The van der Waals surface area contributed by atoms with Crippen LogP contribution >= 0.6 is 23.2 Å². The van der Waals surface area contributed by atoms with Crippen molar-refractivity contribution in [2.75, 3.05) is 5.32 Å². The summed E-state index contributed by atoms with van der Waals surface area (Å²) in [6, 6.07) is 5.91. The fourth-order valence-electron chi connectivity index (χ4n) is 2.28. The molecule has 0 aliphatic carbocycles. The highest BCUT2D eigenvalue weighted by atomic mass is 35.5. The molecule has 0 spiro atoms. The predicted octanol–water partition coefficient (Wildman–Crippen LogP) is 3.31. The summed E-state index contributed by atoms with van der Waals surface area (Å²) < 4.78 is 0.990. The molecule has 7 heteroatoms. The SMILES string of the molecule is CCc1cccc(CC)c1NC(=O)Cn1ncc(Cl)c(Cl)c1=O. The number of carbonyl (C=O) groups is 1. The van der Waals surface area contributed by atoms with Gasteiger partial charge in [-0.25, -0.2) is 4.68 Å². The zero-order chi connectivity index (χ0) is 17.0. The summed E-state index contributed by atoms with van der Waals surface area (Å²) >= 11 is 11.5. The van der Waals surface area contributed by atoms with Crippen LogP contribution < -0.4 is 10.9 Å². The fraction of sp³-hybridized carbons (Fsp3) is 0.312. The minimum atomic E-state index is -0.589. The molecule has 5 nitrogen and oxygen atoms in total. The first-order chi connectivity index (χ1) is 11.0. The van der Waals surface area contributed by atoms with Crippen LogP contribution in [-0.4, -0.2) is 15.7 Å². The van der Waals surface area contributed by atoms with Gasteiger partial charge >= 0.3 is 0 Å². The van der Waals surface area contributed by atoms with Gasteiger partial charge < -0.3 is 5.32 Å². The molecule has 2 rings (SSSR count). The smallest absolute Gasteiger partial charge is 0.287 e. The Morgan fingerprint density at radius 1 is 1.22 bits per heavy atom. The van der Waals surface area contributed by atoms with Crippen LogP contribution in [0, 0.1) is 0 Å². The zero-order valence-corrected chi connectivity index (χ0v) is 14.4. The van der Waals surface area contributed by atoms with Gasteiger partial charge in [-0.05, 0) is 24.0 Å². The fourth-order valence-corrected chi connectivity index (χ4v) is 2.55. The van der Waals surface area contributed by atoms with Crippen LogP contribution in [0.2, 0.25) is 10.0 Å². The van der Waals surface area contributed by atoms with Crippen molar-refractivity contribution in [3.8, 4) is 0 Å². The number of halogens is 2. The number of nitrogens with zero attached hydrogens (tertiary/aromatic N) is 2. The van der Waals surface area contributed by atoms with Gasteiger partial charge in [0.15, 0.2) is 0 Å². The van der Waals surface area contributed by atoms with Crippen LogP contribution in [-0.2, 0) is 24.2 Å². The molecule has 1 aromatic heterocycles. The Kier molecular flexibility index (Phi) is 5.80. The second kappa shape index (κ2) is 7.62. The summed E-state index contributed by atoms with van der Waals surface area (Å²) in [6.45, 7) is 3.82.